The van der Waals surface area contributed by atoms with E-state index in [-0.39, 0.29) is 12.6 Å². The second kappa shape index (κ2) is 7.74. The molecule has 1 aromatic carbocycles. The van der Waals surface area contributed by atoms with Crippen LogP contribution in [0.3, 0.4) is 0 Å². The van der Waals surface area contributed by atoms with Gasteiger partial charge in [0, 0.05) is 30.7 Å². The molecule has 0 aliphatic carbocycles. The van der Waals surface area contributed by atoms with E-state index in [4.69, 9.17) is 16.3 Å². The van der Waals surface area contributed by atoms with Gasteiger partial charge in [0.05, 0.1) is 12.2 Å². The minimum absolute atomic E-state index is 0.123. The summed E-state index contributed by atoms with van der Waals surface area (Å²) in [5.74, 6) is 0.491. The van der Waals surface area contributed by atoms with Gasteiger partial charge in [0.1, 0.15) is 17.1 Å². The summed E-state index contributed by atoms with van der Waals surface area (Å²) < 4.78 is 9.14. The Labute approximate surface area is 166 Å². The predicted octanol–water partition coefficient (Wildman–Crippen LogP) is 3.49. The number of nitrogens with zero attached hydrogens (tertiary/aromatic N) is 5. The van der Waals surface area contributed by atoms with Crippen LogP contribution in [0.25, 0.3) is 5.65 Å². The number of pyridine rings is 1. The van der Waals surface area contributed by atoms with Gasteiger partial charge in [-0.15, -0.1) is 0 Å². The van der Waals surface area contributed by atoms with Crippen LogP contribution in [-0.2, 0) is 13.3 Å². The molecular weight excluding hydrogens is 378 g/mol. The topological polar surface area (TPSA) is 64.7 Å². The zero-order chi connectivity index (χ0) is 19.5. The number of carbonyl (C=O) groups excluding carboxylic acids is 1. The minimum atomic E-state index is -0.158. The van der Waals surface area contributed by atoms with Crippen LogP contribution in [0.15, 0.2) is 67.1 Å². The van der Waals surface area contributed by atoms with Gasteiger partial charge in [0.25, 0.3) is 5.91 Å². The van der Waals surface area contributed by atoms with E-state index in [0.717, 1.165) is 11.3 Å². The first-order valence-electron chi connectivity index (χ1n) is 8.68. The van der Waals surface area contributed by atoms with Crippen LogP contribution in [0.2, 0.25) is 5.02 Å². The molecule has 4 rings (SSSR count). The number of amides is 1. The highest BCUT2D eigenvalue weighted by Crippen LogP contribution is 2.16. The molecular formula is C20H18ClN5O2. The average Bonchev–Trinajstić information content (AvgIpc) is 3.33. The van der Waals surface area contributed by atoms with Crippen molar-refractivity contribution in [3.63, 3.8) is 0 Å². The van der Waals surface area contributed by atoms with E-state index in [2.05, 4.69) is 10.1 Å². The predicted molar refractivity (Wildman–Crippen MR) is 105 cm³/mol. The number of carbonyl (C=O) groups is 1. The fraction of sp³-hybridized carbons (Fsp3) is 0.150. The Morgan fingerprint density at radius 1 is 1.18 bits per heavy atom. The molecule has 3 aromatic heterocycles. The van der Waals surface area contributed by atoms with Gasteiger partial charge in [-0.1, -0.05) is 17.7 Å². The van der Waals surface area contributed by atoms with Crippen molar-refractivity contribution in [3.8, 4) is 5.75 Å². The third-order valence-electron chi connectivity index (χ3n) is 4.26. The van der Waals surface area contributed by atoms with Crippen molar-refractivity contribution < 1.29 is 9.53 Å². The Morgan fingerprint density at radius 2 is 2.00 bits per heavy atom. The van der Waals surface area contributed by atoms with Crippen molar-refractivity contribution in [1.82, 2.24) is 24.1 Å². The van der Waals surface area contributed by atoms with E-state index < -0.39 is 0 Å². The van der Waals surface area contributed by atoms with E-state index in [1.165, 1.54) is 4.68 Å². The van der Waals surface area contributed by atoms with E-state index in [0.29, 0.717) is 23.0 Å². The van der Waals surface area contributed by atoms with E-state index in [1.807, 2.05) is 35.0 Å². The number of fused-ring (bicyclic) bond motifs is 1. The monoisotopic (exact) mass is 395 g/mol. The summed E-state index contributed by atoms with van der Waals surface area (Å²) in [6, 6.07) is 14.5. The second-order valence-corrected chi connectivity index (χ2v) is 6.74. The highest BCUT2D eigenvalue weighted by molar-refractivity contribution is 6.30. The Balaban J connectivity index is 1.44. The summed E-state index contributed by atoms with van der Waals surface area (Å²) in [5, 5.41) is 4.83. The maximum Gasteiger partial charge on any atom is 0.272 e. The molecule has 0 aliphatic heterocycles. The summed E-state index contributed by atoms with van der Waals surface area (Å²) in [7, 11) is 1.74. The average molecular weight is 396 g/mol. The molecule has 0 aliphatic rings. The van der Waals surface area contributed by atoms with Gasteiger partial charge in [-0.25, -0.2) is 9.67 Å². The molecule has 0 atom stereocenters. The molecule has 142 valence electrons. The molecule has 0 spiro atoms. The van der Waals surface area contributed by atoms with Gasteiger partial charge in [-0.05, 0) is 42.5 Å². The SMILES string of the molecule is CN(Cc1cn2ccccc2n1)C(=O)c1ccnn1COc1ccc(Cl)cc1. The summed E-state index contributed by atoms with van der Waals surface area (Å²) >= 11 is 5.88. The first kappa shape index (κ1) is 18.1. The molecule has 0 saturated carbocycles. The zero-order valence-electron chi connectivity index (χ0n) is 15.2. The van der Waals surface area contributed by atoms with Gasteiger partial charge in [-0.2, -0.15) is 5.10 Å². The molecule has 0 fully saturated rings. The third kappa shape index (κ3) is 3.84. The number of halogens is 1. The molecule has 28 heavy (non-hydrogen) atoms. The first-order valence-corrected chi connectivity index (χ1v) is 9.06. The van der Waals surface area contributed by atoms with Crippen molar-refractivity contribution in [2.24, 2.45) is 0 Å². The smallest absolute Gasteiger partial charge is 0.272 e. The lowest BCUT2D eigenvalue weighted by Crippen LogP contribution is -2.29. The summed E-state index contributed by atoms with van der Waals surface area (Å²) in [5.41, 5.74) is 2.10. The quantitative estimate of drug-likeness (QED) is 0.501. The van der Waals surface area contributed by atoms with Crippen molar-refractivity contribution in [2.75, 3.05) is 7.05 Å². The molecule has 7 nitrogen and oxygen atoms in total. The standard InChI is InChI=1S/C20H18ClN5O2/c1-24(12-16-13-25-11-3-2-4-19(25)23-16)20(27)18-9-10-22-26(18)14-28-17-7-5-15(21)6-8-17/h2-11,13H,12,14H2,1H3. The van der Waals surface area contributed by atoms with Crippen molar-refractivity contribution in [2.45, 2.75) is 13.3 Å². The molecule has 0 N–H and O–H groups in total. The Bertz CT molecular complexity index is 1070. The van der Waals surface area contributed by atoms with Crippen LogP contribution < -0.4 is 4.74 Å². The highest BCUT2D eigenvalue weighted by Gasteiger charge is 2.18. The fourth-order valence-corrected chi connectivity index (χ4v) is 2.98. The van der Waals surface area contributed by atoms with Gasteiger partial charge >= 0.3 is 0 Å². The fourth-order valence-electron chi connectivity index (χ4n) is 2.86. The van der Waals surface area contributed by atoms with Crippen LogP contribution in [-0.4, -0.2) is 37.0 Å². The molecule has 1 amide bonds. The molecule has 3 heterocycles. The largest absolute Gasteiger partial charge is 0.471 e. The summed E-state index contributed by atoms with van der Waals surface area (Å²) in [6.07, 6.45) is 5.42. The maximum atomic E-state index is 12.9. The van der Waals surface area contributed by atoms with Gasteiger partial charge in [-0.3, -0.25) is 4.79 Å². The van der Waals surface area contributed by atoms with Crippen molar-refractivity contribution in [3.05, 3.63) is 83.5 Å². The van der Waals surface area contributed by atoms with Crippen LogP contribution in [0.1, 0.15) is 16.2 Å². The lowest BCUT2D eigenvalue weighted by Gasteiger charge is -2.17. The molecule has 0 unspecified atom stereocenters. The summed E-state index contributed by atoms with van der Waals surface area (Å²) in [4.78, 5) is 19.0. The normalized spacial score (nSPS) is 10.9. The number of benzene rings is 1. The zero-order valence-corrected chi connectivity index (χ0v) is 16.0. The Kier molecular flexibility index (Phi) is 4.99. The second-order valence-electron chi connectivity index (χ2n) is 6.30. The van der Waals surface area contributed by atoms with Crippen LogP contribution in [0.4, 0.5) is 0 Å². The van der Waals surface area contributed by atoms with Crippen LogP contribution in [0, 0.1) is 0 Å². The molecule has 0 saturated heterocycles. The molecule has 4 aromatic rings. The highest BCUT2D eigenvalue weighted by atomic mass is 35.5. The minimum Gasteiger partial charge on any atom is -0.471 e. The lowest BCUT2D eigenvalue weighted by molar-refractivity contribution is 0.0760. The number of aromatic nitrogens is 4. The summed E-state index contributed by atoms with van der Waals surface area (Å²) in [6.45, 7) is 0.516. The third-order valence-corrected chi connectivity index (χ3v) is 4.51. The van der Waals surface area contributed by atoms with Crippen molar-refractivity contribution in [1.29, 1.82) is 0 Å². The number of ether oxygens (including phenoxy) is 1. The van der Waals surface area contributed by atoms with Gasteiger partial charge in [0.15, 0.2) is 6.73 Å². The number of imidazole rings is 1. The molecule has 0 radical (unpaired) electrons. The lowest BCUT2D eigenvalue weighted by atomic mass is 10.3. The number of hydrogen-bond donors (Lipinski definition) is 0. The van der Waals surface area contributed by atoms with Crippen LogP contribution in [0.5, 0.6) is 5.75 Å². The van der Waals surface area contributed by atoms with E-state index in [9.17, 15) is 4.79 Å². The van der Waals surface area contributed by atoms with Gasteiger partial charge < -0.3 is 14.0 Å². The van der Waals surface area contributed by atoms with Gasteiger partial charge in [0.2, 0.25) is 0 Å². The van der Waals surface area contributed by atoms with E-state index >= 15 is 0 Å². The maximum absolute atomic E-state index is 12.9. The number of rotatable bonds is 6. The first-order chi connectivity index (χ1) is 13.6. The number of hydrogen-bond acceptors (Lipinski definition) is 4. The van der Waals surface area contributed by atoms with Crippen LogP contribution >= 0.6 is 11.6 Å². The Morgan fingerprint density at radius 3 is 2.79 bits per heavy atom. The molecule has 0 bridgehead atoms. The Hall–Kier alpha value is -3.32. The molecule has 8 heteroatoms. The van der Waals surface area contributed by atoms with Crippen molar-refractivity contribution >= 4 is 23.2 Å². The van der Waals surface area contributed by atoms with E-state index in [1.54, 1.807) is 48.5 Å².